The summed E-state index contributed by atoms with van der Waals surface area (Å²) in [6.07, 6.45) is -2.91. The minimum atomic E-state index is -4.20. The van der Waals surface area contributed by atoms with E-state index in [0.29, 0.717) is 31.1 Å². The predicted octanol–water partition coefficient (Wildman–Crippen LogP) is 2.97. The SMILES string of the molecule is COc1cc(N)cc(CN2CC=C(C(F)(F)F)CC2)c1. The molecule has 0 fully saturated rings. The first kappa shape index (κ1) is 14.7. The van der Waals surface area contributed by atoms with Gasteiger partial charge in [-0.25, -0.2) is 0 Å². The van der Waals surface area contributed by atoms with E-state index in [1.54, 1.807) is 13.2 Å². The summed E-state index contributed by atoms with van der Waals surface area (Å²) in [5.41, 5.74) is 6.85. The van der Waals surface area contributed by atoms with E-state index in [4.69, 9.17) is 10.5 Å². The number of alkyl halides is 3. The minimum absolute atomic E-state index is 0.0307. The number of nitrogen functional groups attached to an aromatic ring is 1. The van der Waals surface area contributed by atoms with E-state index in [2.05, 4.69) is 0 Å². The van der Waals surface area contributed by atoms with E-state index in [9.17, 15) is 13.2 Å². The number of ether oxygens (including phenoxy) is 1. The van der Waals surface area contributed by atoms with Gasteiger partial charge in [-0.15, -0.1) is 0 Å². The highest BCUT2D eigenvalue weighted by molar-refractivity contribution is 5.47. The summed E-state index contributed by atoms with van der Waals surface area (Å²) in [7, 11) is 1.55. The van der Waals surface area contributed by atoms with Crippen LogP contribution in [-0.4, -0.2) is 31.3 Å². The molecule has 1 aliphatic heterocycles. The van der Waals surface area contributed by atoms with Gasteiger partial charge in [0.25, 0.3) is 0 Å². The molecule has 0 spiro atoms. The van der Waals surface area contributed by atoms with Gasteiger partial charge in [-0.1, -0.05) is 6.08 Å². The maximum absolute atomic E-state index is 12.5. The smallest absolute Gasteiger partial charge is 0.412 e. The van der Waals surface area contributed by atoms with Crippen molar-refractivity contribution in [1.82, 2.24) is 4.90 Å². The normalized spacial score (nSPS) is 16.9. The summed E-state index contributed by atoms with van der Waals surface area (Å²) in [6.45, 7) is 1.25. The monoisotopic (exact) mass is 286 g/mol. The van der Waals surface area contributed by atoms with Crippen LogP contribution in [-0.2, 0) is 6.54 Å². The highest BCUT2D eigenvalue weighted by Crippen LogP contribution is 2.30. The van der Waals surface area contributed by atoms with Crippen molar-refractivity contribution in [3.63, 3.8) is 0 Å². The molecule has 3 nitrogen and oxygen atoms in total. The van der Waals surface area contributed by atoms with Crippen molar-refractivity contribution in [2.45, 2.75) is 19.1 Å². The molecule has 0 bridgehead atoms. The van der Waals surface area contributed by atoms with Crippen LogP contribution in [0.5, 0.6) is 5.75 Å². The Bertz CT molecular complexity index is 512. The van der Waals surface area contributed by atoms with E-state index < -0.39 is 11.7 Å². The van der Waals surface area contributed by atoms with Gasteiger partial charge in [-0.3, -0.25) is 4.90 Å². The summed E-state index contributed by atoms with van der Waals surface area (Å²) in [5.74, 6) is 0.656. The van der Waals surface area contributed by atoms with E-state index in [0.717, 1.165) is 5.56 Å². The molecule has 2 N–H and O–H groups in total. The molecule has 2 rings (SSSR count). The van der Waals surface area contributed by atoms with Gasteiger partial charge in [0.2, 0.25) is 0 Å². The van der Waals surface area contributed by atoms with Crippen LogP contribution in [0.3, 0.4) is 0 Å². The minimum Gasteiger partial charge on any atom is -0.497 e. The summed E-state index contributed by atoms with van der Waals surface area (Å²) in [5, 5.41) is 0. The topological polar surface area (TPSA) is 38.5 Å². The maximum Gasteiger partial charge on any atom is 0.412 e. The Labute approximate surface area is 115 Å². The zero-order valence-electron chi connectivity index (χ0n) is 11.2. The second-order valence-electron chi connectivity index (χ2n) is 4.83. The van der Waals surface area contributed by atoms with Crippen LogP contribution < -0.4 is 10.5 Å². The fourth-order valence-electron chi connectivity index (χ4n) is 2.27. The average Bonchev–Trinajstić information content (AvgIpc) is 2.37. The number of benzene rings is 1. The van der Waals surface area contributed by atoms with Crippen molar-refractivity contribution in [1.29, 1.82) is 0 Å². The Balaban J connectivity index is 2.02. The molecule has 20 heavy (non-hydrogen) atoms. The first-order valence-electron chi connectivity index (χ1n) is 6.30. The molecule has 1 aromatic carbocycles. The van der Waals surface area contributed by atoms with Crippen molar-refractivity contribution >= 4 is 5.69 Å². The third-order valence-electron chi connectivity index (χ3n) is 3.29. The van der Waals surface area contributed by atoms with Gasteiger partial charge in [0.15, 0.2) is 0 Å². The molecular formula is C14H17F3N2O. The first-order valence-corrected chi connectivity index (χ1v) is 6.30. The Morgan fingerprint density at radius 1 is 1.30 bits per heavy atom. The molecule has 0 saturated heterocycles. The highest BCUT2D eigenvalue weighted by Gasteiger charge is 2.34. The van der Waals surface area contributed by atoms with Crippen LogP contribution in [0.1, 0.15) is 12.0 Å². The van der Waals surface area contributed by atoms with Crippen LogP contribution in [0.2, 0.25) is 0 Å². The van der Waals surface area contributed by atoms with Gasteiger partial charge >= 0.3 is 6.18 Å². The largest absolute Gasteiger partial charge is 0.497 e. The third-order valence-corrected chi connectivity index (χ3v) is 3.29. The predicted molar refractivity (Wildman–Crippen MR) is 71.4 cm³/mol. The molecule has 0 aliphatic carbocycles. The second kappa shape index (κ2) is 5.75. The lowest BCUT2D eigenvalue weighted by Gasteiger charge is -2.27. The number of methoxy groups -OCH3 is 1. The van der Waals surface area contributed by atoms with Crippen LogP contribution in [0, 0.1) is 0 Å². The second-order valence-corrected chi connectivity index (χ2v) is 4.83. The number of halogens is 3. The molecule has 1 aromatic rings. The lowest BCUT2D eigenvalue weighted by atomic mass is 10.1. The first-order chi connectivity index (χ1) is 9.38. The Hall–Kier alpha value is -1.69. The molecule has 110 valence electrons. The summed E-state index contributed by atoms with van der Waals surface area (Å²) in [4.78, 5) is 1.95. The van der Waals surface area contributed by atoms with Crippen molar-refractivity contribution in [2.75, 3.05) is 25.9 Å². The van der Waals surface area contributed by atoms with Gasteiger partial charge in [0, 0.05) is 37.0 Å². The number of hydrogen-bond donors (Lipinski definition) is 1. The molecule has 6 heteroatoms. The van der Waals surface area contributed by atoms with Crippen LogP contribution in [0.25, 0.3) is 0 Å². The van der Waals surface area contributed by atoms with Crippen LogP contribution in [0.15, 0.2) is 29.8 Å². The number of nitrogens with zero attached hydrogens (tertiary/aromatic N) is 1. The average molecular weight is 286 g/mol. The van der Waals surface area contributed by atoms with Gasteiger partial charge in [0.1, 0.15) is 5.75 Å². The number of anilines is 1. The molecule has 0 saturated carbocycles. The lowest BCUT2D eigenvalue weighted by Crippen LogP contribution is -2.31. The molecular weight excluding hydrogens is 269 g/mol. The van der Waals surface area contributed by atoms with Crippen molar-refractivity contribution in [3.8, 4) is 5.75 Å². The number of rotatable bonds is 3. The Kier molecular flexibility index (Phi) is 4.23. The zero-order chi connectivity index (χ0) is 14.8. The van der Waals surface area contributed by atoms with Crippen LogP contribution in [0.4, 0.5) is 18.9 Å². The van der Waals surface area contributed by atoms with E-state index in [1.165, 1.54) is 6.08 Å². The number of nitrogens with two attached hydrogens (primary N) is 1. The molecule has 1 heterocycles. The van der Waals surface area contributed by atoms with Crippen molar-refractivity contribution in [2.24, 2.45) is 0 Å². The van der Waals surface area contributed by atoms with E-state index in [1.807, 2.05) is 17.0 Å². The maximum atomic E-state index is 12.5. The molecule has 0 amide bonds. The molecule has 0 atom stereocenters. The fourth-order valence-corrected chi connectivity index (χ4v) is 2.27. The van der Waals surface area contributed by atoms with Gasteiger partial charge in [-0.05, 0) is 24.1 Å². The summed E-state index contributed by atoms with van der Waals surface area (Å²) < 4.78 is 42.7. The van der Waals surface area contributed by atoms with Gasteiger partial charge in [-0.2, -0.15) is 13.2 Å². The standard InChI is InChI=1S/C14H17F3N2O/c1-20-13-7-10(6-12(18)8-13)9-19-4-2-11(3-5-19)14(15,16)17/h2,6-8H,3-5,9,18H2,1H3. The molecule has 0 radical (unpaired) electrons. The molecule has 0 unspecified atom stereocenters. The van der Waals surface area contributed by atoms with Gasteiger partial charge < -0.3 is 10.5 Å². The zero-order valence-corrected chi connectivity index (χ0v) is 11.2. The summed E-state index contributed by atoms with van der Waals surface area (Å²) in [6, 6.07) is 5.37. The Morgan fingerprint density at radius 3 is 2.60 bits per heavy atom. The lowest BCUT2D eigenvalue weighted by molar-refractivity contribution is -0.0960. The highest BCUT2D eigenvalue weighted by atomic mass is 19.4. The van der Waals surface area contributed by atoms with Crippen molar-refractivity contribution in [3.05, 3.63) is 35.4 Å². The molecule has 0 aromatic heterocycles. The van der Waals surface area contributed by atoms with Crippen LogP contribution >= 0.6 is 0 Å². The number of hydrogen-bond acceptors (Lipinski definition) is 3. The molecule has 1 aliphatic rings. The Morgan fingerprint density at radius 2 is 2.05 bits per heavy atom. The quantitative estimate of drug-likeness (QED) is 0.686. The third kappa shape index (κ3) is 3.66. The fraction of sp³-hybridized carbons (Fsp3) is 0.429. The van der Waals surface area contributed by atoms with E-state index in [-0.39, 0.29) is 6.42 Å². The summed E-state index contributed by atoms with van der Waals surface area (Å²) >= 11 is 0. The van der Waals surface area contributed by atoms with E-state index >= 15 is 0 Å². The van der Waals surface area contributed by atoms with Gasteiger partial charge in [0.05, 0.1) is 7.11 Å². The van der Waals surface area contributed by atoms with Crippen molar-refractivity contribution < 1.29 is 17.9 Å².